The first-order valence-electron chi connectivity index (χ1n) is 7.08. The Morgan fingerprint density at radius 2 is 1.57 bits per heavy atom. The van der Waals surface area contributed by atoms with Gasteiger partial charge in [0.05, 0.1) is 0 Å². The van der Waals surface area contributed by atoms with Gasteiger partial charge in [-0.05, 0) is 41.8 Å². The van der Waals surface area contributed by atoms with Crippen molar-refractivity contribution in [1.82, 2.24) is 0 Å². The van der Waals surface area contributed by atoms with E-state index in [-0.39, 0.29) is 27.7 Å². The van der Waals surface area contributed by atoms with Crippen LogP contribution in [0.1, 0.15) is 34.6 Å². The van der Waals surface area contributed by atoms with Crippen LogP contribution in [0.3, 0.4) is 0 Å². The number of hydrogen-bond donors (Lipinski definition) is 2. The summed E-state index contributed by atoms with van der Waals surface area (Å²) in [6.45, 7) is 10.3. The van der Waals surface area contributed by atoms with Crippen LogP contribution < -0.4 is 5.46 Å². The molecule has 0 bridgehead atoms. The first-order valence-corrected chi connectivity index (χ1v) is 7.08. The van der Waals surface area contributed by atoms with Crippen molar-refractivity contribution in [2.24, 2.45) is 0 Å². The zero-order valence-corrected chi connectivity index (χ0v) is 13.1. The molecule has 116 valence electrons. The fourth-order valence-corrected chi connectivity index (χ4v) is 2.51. The Hall–Kier alpha value is -2.50. The summed E-state index contributed by atoms with van der Waals surface area (Å²) >= 11 is 0. The van der Waals surface area contributed by atoms with Gasteiger partial charge in [-0.3, -0.25) is 9.59 Å². The first kappa shape index (κ1) is 16.9. The molecule has 5 heteroatoms. The summed E-state index contributed by atoms with van der Waals surface area (Å²) < 4.78 is 0. The van der Waals surface area contributed by atoms with Gasteiger partial charge in [0.1, 0.15) is 0 Å². The summed E-state index contributed by atoms with van der Waals surface area (Å²) in [5.41, 5.74) is 0.555. The largest absolute Gasteiger partial charge is 0.489 e. The number of carbonyl (C=O) groups excluding carboxylic acids is 2. The van der Waals surface area contributed by atoms with Gasteiger partial charge in [0.15, 0.2) is 11.6 Å². The SMILES string of the molecule is C=C(C)C(=O)c1cc2ccccc2c(B(O)O)c1C(=O)C(=C)C. The molecule has 0 spiro atoms. The molecule has 0 aliphatic heterocycles. The summed E-state index contributed by atoms with van der Waals surface area (Å²) in [5.74, 6) is -0.911. The molecular formula is C18H17BO4. The molecule has 0 saturated heterocycles. The minimum absolute atomic E-state index is 0.0145. The van der Waals surface area contributed by atoms with Gasteiger partial charge in [-0.1, -0.05) is 37.4 Å². The van der Waals surface area contributed by atoms with E-state index in [4.69, 9.17) is 0 Å². The monoisotopic (exact) mass is 308 g/mol. The average Bonchev–Trinajstić information content (AvgIpc) is 2.50. The van der Waals surface area contributed by atoms with Crippen LogP contribution in [0.25, 0.3) is 10.8 Å². The molecule has 2 rings (SSSR count). The molecule has 0 atom stereocenters. The summed E-state index contributed by atoms with van der Waals surface area (Å²) in [7, 11) is -1.89. The van der Waals surface area contributed by atoms with Gasteiger partial charge in [0.25, 0.3) is 0 Å². The number of Topliss-reactive ketones (excluding diaryl/α,β-unsaturated/α-hetero) is 2. The second kappa shape index (κ2) is 6.32. The van der Waals surface area contributed by atoms with Crippen molar-refractivity contribution >= 4 is 34.9 Å². The molecule has 4 nitrogen and oxygen atoms in total. The number of rotatable bonds is 5. The summed E-state index contributed by atoms with van der Waals surface area (Å²) in [6, 6.07) is 8.49. The van der Waals surface area contributed by atoms with Crippen molar-refractivity contribution in [3.63, 3.8) is 0 Å². The smallest absolute Gasteiger partial charge is 0.423 e. The third-order valence-corrected chi connectivity index (χ3v) is 3.59. The molecular weight excluding hydrogens is 291 g/mol. The Labute approximate surface area is 134 Å². The average molecular weight is 308 g/mol. The van der Waals surface area contributed by atoms with Crippen molar-refractivity contribution in [3.05, 3.63) is 65.8 Å². The second-order valence-electron chi connectivity index (χ2n) is 5.53. The van der Waals surface area contributed by atoms with Crippen molar-refractivity contribution in [3.8, 4) is 0 Å². The van der Waals surface area contributed by atoms with E-state index < -0.39 is 18.7 Å². The summed E-state index contributed by atoms with van der Waals surface area (Å²) in [6.07, 6.45) is 0. The van der Waals surface area contributed by atoms with Crippen LogP contribution in [0.4, 0.5) is 0 Å². The van der Waals surface area contributed by atoms with E-state index in [2.05, 4.69) is 13.2 Å². The Morgan fingerprint density at radius 1 is 1.00 bits per heavy atom. The molecule has 2 N–H and O–H groups in total. The highest BCUT2D eigenvalue weighted by molar-refractivity contribution is 6.64. The number of benzene rings is 2. The normalized spacial score (nSPS) is 10.4. The minimum Gasteiger partial charge on any atom is -0.423 e. The molecule has 0 aliphatic rings. The third-order valence-electron chi connectivity index (χ3n) is 3.59. The summed E-state index contributed by atoms with van der Waals surface area (Å²) in [5, 5.41) is 20.8. The van der Waals surface area contributed by atoms with Crippen LogP contribution in [0.5, 0.6) is 0 Å². The molecule has 0 heterocycles. The van der Waals surface area contributed by atoms with Gasteiger partial charge in [-0.25, -0.2) is 0 Å². The standard InChI is InChI=1S/C18H17BO4/c1-10(2)17(20)14-9-12-7-5-6-8-13(12)16(19(22)23)15(14)18(21)11(3)4/h5-9,22-23H,1,3H2,2,4H3. The van der Waals surface area contributed by atoms with E-state index in [9.17, 15) is 19.6 Å². The lowest BCUT2D eigenvalue weighted by Gasteiger charge is -2.16. The second-order valence-corrected chi connectivity index (χ2v) is 5.53. The maximum Gasteiger partial charge on any atom is 0.489 e. The number of allylic oxidation sites excluding steroid dienone is 2. The first-order chi connectivity index (χ1) is 10.8. The van der Waals surface area contributed by atoms with E-state index in [0.717, 1.165) is 0 Å². The van der Waals surface area contributed by atoms with Crippen molar-refractivity contribution in [1.29, 1.82) is 0 Å². The topological polar surface area (TPSA) is 74.6 Å². The highest BCUT2D eigenvalue weighted by atomic mass is 16.4. The molecule has 0 fully saturated rings. The fourth-order valence-electron chi connectivity index (χ4n) is 2.51. The lowest BCUT2D eigenvalue weighted by Crippen LogP contribution is -2.37. The van der Waals surface area contributed by atoms with Crippen LogP contribution in [-0.2, 0) is 0 Å². The van der Waals surface area contributed by atoms with E-state index in [1.165, 1.54) is 6.92 Å². The van der Waals surface area contributed by atoms with Crippen LogP contribution in [0.2, 0.25) is 0 Å². The number of hydrogen-bond acceptors (Lipinski definition) is 4. The molecule has 0 amide bonds. The minimum atomic E-state index is -1.89. The van der Waals surface area contributed by atoms with Crippen molar-refractivity contribution < 1.29 is 19.6 Å². The van der Waals surface area contributed by atoms with Crippen LogP contribution in [-0.4, -0.2) is 28.7 Å². The number of carbonyl (C=O) groups is 2. The van der Waals surface area contributed by atoms with Gasteiger partial charge in [-0.15, -0.1) is 0 Å². The highest BCUT2D eigenvalue weighted by Gasteiger charge is 2.29. The molecule has 0 aliphatic carbocycles. The van der Waals surface area contributed by atoms with Crippen LogP contribution in [0, 0.1) is 0 Å². The maximum absolute atomic E-state index is 12.6. The quantitative estimate of drug-likeness (QED) is 0.503. The van der Waals surface area contributed by atoms with Gasteiger partial charge >= 0.3 is 7.12 Å². The Kier molecular flexibility index (Phi) is 4.64. The fraction of sp³-hybridized carbons (Fsp3) is 0.111. The van der Waals surface area contributed by atoms with E-state index in [0.29, 0.717) is 10.8 Å². The van der Waals surface area contributed by atoms with Crippen LogP contribution in [0.15, 0.2) is 54.6 Å². The predicted octanol–water partition coefficient (Wildman–Crippen LogP) is 2.04. The van der Waals surface area contributed by atoms with Gasteiger partial charge in [-0.2, -0.15) is 0 Å². The lowest BCUT2D eigenvalue weighted by atomic mass is 9.70. The van der Waals surface area contributed by atoms with Gasteiger partial charge in [0.2, 0.25) is 0 Å². The molecule has 2 aromatic carbocycles. The summed E-state index contributed by atoms with van der Waals surface area (Å²) in [4.78, 5) is 25.0. The molecule has 0 saturated carbocycles. The zero-order valence-electron chi connectivity index (χ0n) is 13.1. The molecule has 2 aromatic rings. The van der Waals surface area contributed by atoms with E-state index >= 15 is 0 Å². The Morgan fingerprint density at radius 3 is 2.09 bits per heavy atom. The van der Waals surface area contributed by atoms with Crippen LogP contribution >= 0.6 is 0 Å². The zero-order chi connectivity index (χ0) is 17.3. The van der Waals surface area contributed by atoms with E-state index in [1.54, 1.807) is 37.3 Å². The molecule has 23 heavy (non-hydrogen) atoms. The molecule has 0 aromatic heterocycles. The Balaban J connectivity index is 3.01. The molecule has 0 unspecified atom stereocenters. The molecule has 0 radical (unpaired) electrons. The Bertz CT molecular complexity index is 849. The highest BCUT2D eigenvalue weighted by Crippen LogP contribution is 2.23. The van der Waals surface area contributed by atoms with E-state index in [1.807, 2.05) is 0 Å². The number of ketones is 2. The lowest BCUT2D eigenvalue weighted by molar-refractivity contribution is 0.1000. The van der Waals surface area contributed by atoms with Crippen molar-refractivity contribution in [2.45, 2.75) is 13.8 Å². The third kappa shape index (κ3) is 3.02. The number of fused-ring (bicyclic) bond motifs is 1. The van der Waals surface area contributed by atoms with Gasteiger partial charge in [0, 0.05) is 16.6 Å². The predicted molar refractivity (Wildman–Crippen MR) is 92.1 cm³/mol. The van der Waals surface area contributed by atoms with Crippen molar-refractivity contribution in [2.75, 3.05) is 0 Å². The maximum atomic E-state index is 12.6. The van der Waals surface area contributed by atoms with Gasteiger partial charge < -0.3 is 10.0 Å².